The molecule has 0 aromatic heterocycles. The molecule has 0 radical (unpaired) electrons. The average Bonchev–Trinajstić information content (AvgIpc) is 0.782. The summed E-state index contributed by atoms with van der Waals surface area (Å²) in [6.45, 7) is 1.77. The molecule has 0 spiro atoms. The van der Waals surface area contributed by atoms with E-state index in [1.54, 1.807) is 6.08 Å². The fourth-order valence-corrected chi connectivity index (χ4v) is 15.3. The summed E-state index contributed by atoms with van der Waals surface area (Å²) < 4.78 is 34.5. The molecule has 109 heavy (non-hydrogen) atoms. The Morgan fingerprint density at radius 1 is 0.321 bits per heavy atom. The first-order valence-electron chi connectivity index (χ1n) is 45.4. The largest absolute Gasteiger partial charge is 0.394 e. The number of carbonyl (C=O) groups excluding carboxylic acids is 1. The van der Waals surface area contributed by atoms with Crippen LogP contribution in [-0.2, 0) is 33.2 Å². The van der Waals surface area contributed by atoms with Gasteiger partial charge in [0.15, 0.2) is 18.9 Å². The number of aliphatic hydroxyl groups is 11. The van der Waals surface area contributed by atoms with Gasteiger partial charge in [-0.15, -0.1) is 0 Å². The van der Waals surface area contributed by atoms with Gasteiger partial charge in [0.25, 0.3) is 0 Å². The molecule has 3 rings (SSSR count). The van der Waals surface area contributed by atoms with E-state index in [0.717, 1.165) is 44.9 Å². The lowest BCUT2D eigenvalue weighted by Crippen LogP contribution is -2.66. The zero-order valence-corrected chi connectivity index (χ0v) is 69.1. The second-order valence-corrected chi connectivity index (χ2v) is 32.4. The minimum atomic E-state index is -1.98. The van der Waals surface area contributed by atoms with Crippen molar-refractivity contribution in [2.75, 3.05) is 26.4 Å². The SMILES string of the molecule is CCCCCCCCCC/C=C\CCCCCCCCCCCCCCCCCCCCCCCC(=O)NC(COC1OC(CO)C(OC2OC(CO)C(OC3OC(CO)C(O)C(O)C3O)C(O)C2O)C(O)C1O)C(O)/C=C/CC/C=C/CC/C=C/CCCCCCCCCCCCCCCCCCCCCCC. The second-order valence-electron chi connectivity index (χ2n) is 32.4. The van der Waals surface area contributed by atoms with Crippen molar-refractivity contribution >= 4 is 5.91 Å². The Hall–Kier alpha value is -2.25. The highest BCUT2D eigenvalue weighted by molar-refractivity contribution is 5.76. The molecule has 3 aliphatic heterocycles. The van der Waals surface area contributed by atoms with Crippen LogP contribution in [0.1, 0.15) is 386 Å². The Labute approximate surface area is 663 Å². The van der Waals surface area contributed by atoms with Crippen molar-refractivity contribution in [1.29, 1.82) is 0 Å². The fourth-order valence-electron chi connectivity index (χ4n) is 15.3. The highest BCUT2D eigenvalue weighted by atomic mass is 16.8. The first kappa shape index (κ1) is 101. The number of nitrogens with one attached hydrogen (secondary N) is 1. The van der Waals surface area contributed by atoms with Gasteiger partial charge in [-0.3, -0.25) is 4.79 Å². The molecule has 17 unspecified atom stereocenters. The van der Waals surface area contributed by atoms with Crippen molar-refractivity contribution in [1.82, 2.24) is 5.32 Å². The lowest BCUT2D eigenvalue weighted by atomic mass is 9.96. The Kier molecular flexibility index (Phi) is 64.8. The summed E-state index contributed by atoms with van der Waals surface area (Å²) in [7, 11) is 0. The molecule has 0 aromatic rings. The number of allylic oxidation sites excluding steroid dienone is 7. The third-order valence-corrected chi connectivity index (χ3v) is 22.6. The van der Waals surface area contributed by atoms with E-state index in [0.29, 0.717) is 12.8 Å². The van der Waals surface area contributed by atoms with Crippen LogP contribution in [0.5, 0.6) is 0 Å². The lowest BCUT2D eigenvalue weighted by Gasteiger charge is -2.48. The number of hydrogen-bond donors (Lipinski definition) is 12. The van der Waals surface area contributed by atoms with Gasteiger partial charge in [0.05, 0.1) is 38.6 Å². The van der Waals surface area contributed by atoms with Crippen molar-refractivity contribution < 1.29 is 89.4 Å². The molecule has 640 valence electrons. The van der Waals surface area contributed by atoms with E-state index in [2.05, 4.69) is 55.6 Å². The zero-order valence-electron chi connectivity index (χ0n) is 69.1. The summed E-state index contributed by atoms with van der Waals surface area (Å²) in [6.07, 6.45) is 64.2. The van der Waals surface area contributed by atoms with E-state index < -0.39 is 124 Å². The van der Waals surface area contributed by atoms with Gasteiger partial charge < -0.3 is 89.9 Å². The topological polar surface area (TPSA) is 307 Å². The van der Waals surface area contributed by atoms with Gasteiger partial charge in [0, 0.05) is 6.42 Å². The van der Waals surface area contributed by atoms with Crippen molar-refractivity contribution in [3.63, 3.8) is 0 Å². The number of hydrogen-bond acceptors (Lipinski definition) is 18. The fraction of sp³-hybridized carbons (Fsp3) is 0.900. The molecule has 3 heterocycles. The normalized spacial score (nSPS) is 25.5. The summed E-state index contributed by atoms with van der Waals surface area (Å²) in [5, 5.41) is 121. The van der Waals surface area contributed by atoms with Crippen molar-refractivity contribution in [3.8, 4) is 0 Å². The summed E-state index contributed by atoms with van der Waals surface area (Å²) in [5.41, 5.74) is 0. The van der Waals surface area contributed by atoms with Crippen LogP contribution < -0.4 is 5.32 Å². The highest BCUT2D eigenvalue weighted by Gasteiger charge is 2.54. The van der Waals surface area contributed by atoms with Gasteiger partial charge in [-0.1, -0.05) is 358 Å². The number of unbranched alkanes of at least 4 members (excludes halogenated alkanes) is 52. The van der Waals surface area contributed by atoms with E-state index in [1.165, 1.54) is 308 Å². The number of aliphatic hydroxyl groups excluding tert-OH is 11. The standard InChI is InChI=1S/C90H167NO18/c1-3-5-7-9-11-13-15-17-19-21-23-25-27-29-31-33-35-36-38-40-42-44-46-48-50-52-54-56-58-60-62-64-66-68-78(96)91-73(74(95)67-65-63-61-59-57-55-53-51-49-47-45-43-41-39-37-34-32-30-28-26-24-22-20-18-16-14-12-10-8-6-4-2)72-104-88-84(102)81(99)86(76(70-93)106-88)109-90-85(103)82(100)87(77(71-94)107-90)108-89-83(101)80(98)79(97)75(69-92)105-89/h21,23,49,51,57,59,65,67,73-77,79-90,92-95,97-103H,3-20,22,24-48,50,52-56,58,60-64,66,68-72H2,1-2H3,(H,91,96)/b23-21-,51-49+,59-57+,67-65+. The van der Waals surface area contributed by atoms with Crippen LogP contribution in [0.25, 0.3) is 0 Å². The molecule has 1 amide bonds. The van der Waals surface area contributed by atoms with Crippen LogP contribution in [0.15, 0.2) is 48.6 Å². The number of ether oxygens (including phenoxy) is 6. The predicted molar refractivity (Wildman–Crippen MR) is 439 cm³/mol. The monoisotopic (exact) mass is 1550 g/mol. The molecule has 0 bridgehead atoms. The summed E-state index contributed by atoms with van der Waals surface area (Å²) in [5.74, 6) is -0.282. The van der Waals surface area contributed by atoms with Crippen molar-refractivity contribution in [3.05, 3.63) is 48.6 Å². The Bertz CT molecular complexity index is 2150. The van der Waals surface area contributed by atoms with Gasteiger partial charge in [-0.25, -0.2) is 0 Å². The molecule has 0 aromatic carbocycles. The molecule has 3 saturated heterocycles. The van der Waals surface area contributed by atoms with Gasteiger partial charge in [0.1, 0.15) is 73.2 Å². The molecular weight excluding hydrogens is 1380 g/mol. The van der Waals surface area contributed by atoms with Crippen LogP contribution in [0.3, 0.4) is 0 Å². The Balaban J connectivity index is 1.34. The smallest absolute Gasteiger partial charge is 0.220 e. The second kappa shape index (κ2) is 70.0. The maximum absolute atomic E-state index is 13.5. The van der Waals surface area contributed by atoms with E-state index in [-0.39, 0.29) is 18.9 Å². The van der Waals surface area contributed by atoms with Gasteiger partial charge in [0.2, 0.25) is 5.91 Å². The molecule has 3 aliphatic rings. The number of rotatable bonds is 74. The maximum Gasteiger partial charge on any atom is 0.220 e. The quantitative estimate of drug-likeness (QED) is 0.0199. The Morgan fingerprint density at radius 3 is 0.917 bits per heavy atom. The van der Waals surface area contributed by atoms with Crippen molar-refractivity contribution in [2.45, 2.75) is 491 Å². The number of carbonyl (C=O) groups is 1. The summed E-state index contributed by atoms with van der Waals surface area (Å²) in [6, 6.07) is -0.998. The van der Waals surface area contributed by atoms with E-state index in [1.807, 2.05) is 6.08 Å². The first-order chi connectivity index (χ1) is 53.3. The van der Waals surface area contributed by atoms with Gasteiger partial charge >= 0.3 is 0 Å². The molecule has 17 atom stereocenters. The van der Waals surface area contributed by atoms with Crippen LogP contribution in [-0.4, -0.2) is 193 Å². The highest BCUT2D eigenvalue weighted by Crippen LogP contribution is 2.34. The van der Waals surface area contributed by atoms with Crippen LogP contribution in [0.2, 0.25) is 0 Å². The third kappa shape index (κ3) is 48.8. The predicted octanol–water partition coefficient (Wildman–Crippen LogP) is 17.2. The van der Waals surface area contributed by atoms with Crippen LogP contribution >= 0.6 is 0 Å². The van der Waals surface area contributed by atoms with Crippen LogP contribution in [0.4, 0.5) is 0 Å². The van der Waals surface area contributed by atoms with Crippen molar-refractivity contribution in [2.24, 2.45) is 0 Å². The minimum Gasteiger partial charge on any atom is -0.394 e. The summed E-state index contributed by atoms with van der Waals surface area (Å²) >= 11 is 0. The van der Waals surface area contributed by atoms with Gasteiger partial charge in [-0.05, 0) is 70.6 Å². The molecule has 0 saturated carbocycles. The molecule has 19 nitrogen and oxygen atoms in total. The van der Waals surface area contributed by atoms with E-state index >= 15 is 0 Å². The Morgan fingerprint density at radius 2 is 0.587 bits per heavy atom. The zero-order chi connectivity index (χ0) is 78.8. The lowest BCUT2D eigenvalue weighted by molar-refractivity contribution is -0.379. The minimum absolute atomic E-state index is 0.235. The third-order valence-electron chi connectivity index (χ3n) is 22.6. The number of amides is 1. The van der Waals surface area contributed by atoms with Crippen LogP contribution in [0, 0.1) is 0 Å². The van der Waals surface area contributed by atoms with Gasteiger partial charge in [-0.2, -0.15) is 0 Å². The summed E-state index contributed by atoms with van der Waals surface area (Å²) in [4.78, 5) is 13.5. The molecule has 12 N–H and O–H groups in total. The molecule has 0 aliphatic carbocycles. The first-order valence-corrected chi connectivity index (χ1v) is 45.4. The van der Waals surface area contributed by atoms with E-state index in [9.17, 15) is 61.0 Å². The average molecular weight is 1550 g/mol. The van der Waals surface area contributed by atoms with E-state index in [4.69, 9.17) is 28.4 Å². The molecular formula is C90H167NO18. The molecule has 19 heteroatoms. The maximum atomic E-state index is 13.5. The molecule has 3 fully saturated rings.